The first kappa shape index (κ1) is 15.4. The molecule has 0 amide bonds. The van der Waals surface area contributed by atoms with Crippen molar-refractivity contribution in [3.63, 3.8) is 0 Å². The Labute approximate surface area is 122 Å². The van der Waals surface area contributed by atoms with Gasteiger partial charge in [-0.15, -0.1) is 0 Å². The van der Waals surface area contributed by atoms with Crippen LogP contribution in [0.1, 0.15) is 19.2 Å². The van der Waals surface area contributed by atoms with E-state index in [1.165, 1.54) is 6.54 Å². The molecule has 1 aliphatic heterocycles. The molecule has 0 aliphatic carbocycles. The first-order valence-corrected chi connectivity index (χ1v) is 7.55. The number of likely N-dealkylation sites (N-methyl/N-ethyl adjacent to an activating group) is 3. The van der Waals surface area contributed by atoms with Crippen molar-refractivity contribution < 1.29 is 0 Å². The molecule has 20 heavy (non-hydrogen) atoms. The Morgan fingerprint density at radius 1 is 1.35 bits per heavy atom. The van der Waals surface area contributed by atoms with Gasteiger partial charge in [-0.3, -0.25) is 4.68 Å². The van der Waals surface area contributed by atoms with Gasteiger partial charge >= 0.3 is 0 Å². The molecule has 0 spiro atoms. The quantitative estimate of drug-likeness (QED) is 0.793. The maximum absolute atomic E-state index is 4.35. The Hall–Kier alpha value is -0.980. The highest BCUT2D eigenvalue weighted by Gasteiger charge is 2.25. The predicted molar refractivity (Wildman–Crippen MR) is 80.7 cm³/mol. The Morgan fingerprint density at radius 2 is 2.15 bits per heavy atom. The van der Waals surface area contributed by atoms with E-state index in [-0.39, 0.29) is 0 Å². The van der Waals surface area contributed by atoms with Gasteiger partial charge in [-0.25, -0.2) is 4.98 Å². The molecule has 1 aliphatic rings. The minimum absolute atomic E-state index is 0.460. The second-order valence-electron chi connectivity index (χ2n) is 5.89. The fourth-order valence-electron chi connectivity index (χ4n) is 2.94. The zero-order chi connectivity index (χ0) is 14.5. The summed E-state index contributed by atoms with van der Waals surface area (Å²) in [7, 11) is 6.42. The van der Waals surface area contributed by atoms with Gasteiger partial charge in [0, 0.05) is 45.2 Å². The first-order valence-electron chi connectivity index (χ1n) is 7.55. The molecule has 6 heteroatoms. The first-order chi connectivity index (χ1) is 9.60. The summed E-state index contributed by atoms with van der Waals surface area (Å²) < 4.78 is 1.88. The van der Waals surface area contributed by atoms with E-state index in [1.54, 1.807) is 6.33 Å². The van der Waals surface area contributed by atoms with Crippen molar-refractivity contribution in [2.24, 2.45) is 7.05 Å². The molecule has 0 saturated carbocycles. The SMILES string of the molecule is CCNC(Cc1ncnn1C)CC1CN(C)CCN1C. The van der Waals surface area contributed by atoms with E-state index in [0.29, 0.717) is 12.1 Å². The molecule has 1 aromatic heterocycles. The third-order valence-electron chi connectivity index (χ3n) is 4.26. The lowest BCUT2D eigenvalue weighted by Gasteiger charge is -2.39. The molecule has 0 bridgehead atoms. The van der Waals surface area contributed by atoms with Crippen molar-refractivity contribution in [1.82, 2.24) is 29.9 Å². The molecule has 0 radical (unpaired) electrons. The van der Waals surface area contributed by atoms with Crippen LogP contribution in [0.3, 0.4) is 0 Å². The molecule has 6 nitrogen and oxygen atoms in total. The summed E-state index contributed by atoms with van der Waals surface area (Å²) in [6.07, 6.45) is 3.73. The molecule has 1 fully saturated rings. The van der Waals surface area contributed by atoms with Gasteiger partial charge in [0.15, 0.2) is 0 Å². The molecule has 2 unspecified atom stereocenters. The van der Waals surface area contributed by atoms with Crippen molar-refractivity contribution in [1.29, 1.82) is 0 Å². The van der Waals surface area contributed by atoms with E-state index in [0.717, 1.165) is 38.3 Å². The monoisotopic (exact) mass is 280 g/mol. The number of piperazine rings is 1. The number of nitrogens with zero attached hydrogens (tertiary/aromatic N) is 5. The second kappa shape index (κ2) is 7.15. The summed E-state index contributed by atoms with van der Waals surface area (Å²) in [5, 5.41) is 7.77. The highest BCUT2D eigenvalue weighted by Crippen LogP contribution is 2.14. The zero-order valence-electron chi connectivity index (χ0n) is 13.2. The van der Waals surface area contributed by atoms with Crippen molar-refractivity contribution >= 4 is 0 Å². The van der Waals surface area contributed by atoms with Crippen LogP contribution in [-0.2, 0) is 13.5 Å². The maximum Gasteiger partial charge on any atom is 0.138 e. The zero-order valence-corrected chi connectivity index (χ0v) is 13.2. The van der Waals surface area contributed by atoms with Gasteiger partial charge in [0.05, 0.1) is 0 Å². The highest BCUT2D eigenvalue weighted by atomic mass is 15.3. The van der Waals surface area contributed by atoms with Crippen molar-refractivity contribution in [2.45, 2.75) is 31.8 Å². The lowest BCUT2D eigenvalue weighted by molar-refractivity contribution is 0.101. The molecule has 1 saturated heterocycles. The Balaban J connectivity index is 1.96. The molecular weight excluding hydrogens is 252 g/mol. The third kappa shape index (κ3) is 4.01. The molecule has 1 aromatic rings. The highest BCUT2D eigenvalue weighted by molar-refractivity contribution is 4.92. The van der Waals surface area contributed by atoms with Gasteiger partial charge < -0.3 is 15.1 Å². The topological polar surface area (TPSA) is 49.2 Å². The summed E-state index contributed by atoms with van der Waals surface area (Å²) in [4.78, 5) is 9.27. The number of hydrogen-bond donors (Lipinski definition) is 1. The Morgan fingerprint density at radius 3 is 2.80 bits per heavy atom. The fraction of sp³-hybridized carbons (Fsp3) is 0.857. The van der Waals surface area contributed by atoms with Crippen LogP contribution in [0.2, 0.25) is 0 Å². The maximum atomic E-state index is 4.35. The lowest BCUT2D eigenvalue weighted by atomic mass is 10.0. The van der Waals surface area contributed by atoms with Gasteiger partial charge in [-0.1, -0.05) is 6.92 Å². The molecule has 2 rings (SSSR count). The Bertz CT molecular complexity index is 404. The number of nitrogens with one attached hydrogen (secondary N) is 1. The van der Waals surface area contributed by atoms with E-state index in [2.05, 4.69) is 46.2 Å². The van der Waals surface area contributed by atoms with Crippen molar-refractivity contribution in [2.75, 3.05) is 40.3 Å². The normalized spacial score (nSPS) is 23.1. The molecule has 2 heterocycles. The van der Waals surface area contributed by atoms with E-state index >= 15 is 0 Å². The summed E-state index contributed by atoms with van der Waals surface area (Å²) in [5.74, 6) is 1.06. The standard InChI is InChI=1S/C14H28N6/c1-5-15-12(9-14-16-11-17-20(14)4)8-13-10-18(2)6-7-19(13)3/h11-13,15H,5-10H2,1-4H3. The minimum Gasteiger partial charge on any atom is -0.314 e. The van der Waals surface area contributed by atoms with Gasteiger partial charge in [0.2, 0.25) is 0 Å². The van der Waals surface area contributed by atoms with Crippen LogP contribution in [0, 0.1) is 0 Å². The van der Waals surface area contributed by atoms with E-state index in [4.69, 9.17) is 0 Å². The second-order valence-corrected chi connectivity index (χ2v) is 5.89. The summed E-state index contributed by atoms with van der Waals surface area (Å²) in [5.41, 5.74) is 0. The molecule has 2 atom stereocenters. The predicted octanol–water partition coefficient (Wildman–Crippen LogP) is -0.0284. The van der Waals surface area contributed by atoms with Crippen LogP contribution in [0.5, 0.6) is 0 Å². The molecule has 1 N–H and O–H groups in total. The summed E-state index contributed by atoms with van der Waals surface area (Å²) >= 11 is 0. The Kier molecular flexibility index (Phi) is 5.51. The van der Waals surface area contributed by atoms with E-state index < -0.39 is 0 Å². The largest absolute Gasteiger partial charge is 0.314 e. The van der Waals surface area contributed by atoms with Gasteiger partial charge in [-0.05, 0) is 27.1 Å². The van der Waals surface area contributed by atoms with Crippen molar-refractivity contribution in [3.05, 3.63) is 12.2 Å². The number of aryl methyl sites for hydroxylation is 1. The van der Waals surface area contributed by atoms with Crippen LogP contribution in [0.25, 0.3) is 0 Å². The van der Waals surface area contributed by atoms with Crippen molar-refractivity contribution in [3.8, 4) is 0 Å². The fourth-order valence-corrected chi connectivity index (χ4v) is 2.94. The smallest absolute Gasteiger partial charge is 0.138 e. The lowest BCUT2D eigenvalue weighted by Crippen LogP contribution is -2.52. The number of hydrogen-bond acceptors (Lipinski definition) is 5. The molecular formula is C14H28N6. The van der Waals surface area contributed by atoms with Crippen LogP contribution >= 0.6 is 0 Å². The molecule has 114 valence electrons. The minimum atomic E-state index is 0.460. The third-order valence-corrected chi connectivity index (χ3v) is 4.26. The molecule has 0 aromatic carbocycles. The van der Waals surface area contributed by atoms with Crippen LogP contribution in [0.4, 0.5) is 0 Å². The average molecular weight is 280 g/mol. The van der Waals surface area contributed by atoms with Gasteiger partial charge in [0.1, 0.15) is 12.2 Å². The van der Waals surface area contributed by atoms with E-state index in [9.17, 15) is 0 Å². The van der Waals surface area contributed by atoms with E-state index in [1.807, 2.05) is 11.7 Å². The summed E-state index contributed by atoms with van der Waals surface area (Å²) in [6.45, 7) is 6.64. The van der Waals surface area contributed by atoms with Gasteiger partial charge in [0.25, 0.3) is 0 Å². The van der Waals surface area contributed by atoms with Crippen LogP contribution in [0.15, 0.2) is 6.33 Å². The van der Waals surface area contributed by atoms with Crippen LogP contribution in [-0.4, -0.2) is 76.9 Å². The average Bonchev–Trinajstić information content (AvgIpc) is 2.80. The van der Waals surface area contributed by atoms with Gasteiger partial charge in [-0.2, -0.15) is 5.10 Å². The number of aromatic nitrogens is 3. The van der Waals surface area contributed by atoms with Crippen LogP contribution < -0.4 is 5.32 Å². The number of rotatable bonds is 6. The summed E-state index contributed by atoms with van der Waals surface area (Å²) in [6, 6.07) is 1.08.